The summed E-state index contributed by atoms with van der Waals surface area (Å²) in [5.74, 6) is 0. The number of nitrogens with zero attached hydrogens (tertiary/aromatic N) is 2. The molecule has 1 aromatic carbocycles. The van der Waals surface area contributed by atoms with Gasteiger partial charge in [-0.2, -0.15) is 8.42 Å². The van der Waals surface area contributed by atoms with Crippen molar-refractivity contribution in [2.24, 2.45) is 11.4 Å². The molecular formula is C14H13ClN2O2S3. The maximum absolute atomic E-state index is 12.4. The molecule has 3 rings (SSSR count). The van der Waals surface area contributed by atoms with Gasteiger partial charge in [-0.05, 0) is 43.2 Å². The lowest BCUT2D eigenvalue weighted by molar-refractivity contribution is 0.598. The normalized spacial score (nSPS) is 13.2. The third kappa shape index (κ3) is 2.74. The molecule has 8 heteroatoms. The van der Waals surface area contributed by atoms with Crippen LogP contribution in [0.1, 0.15) is 11.1 Å². The summed E-state index contributed by atoms with van der Waals surface area (Å²) in [6, 6.07) is 7.16. The largest absolute Gasteiger partial charge is 0.319 e. The Morgan fingerprint density at radius 3 is 2.55 bits per heavy atom. The van der Waals surface area contributed by atoms with Crippen molar-refractivity contribution >= 4 is 54.5 Å². The second-order valence-electron chi connectivity index (χ2n) is 5.00. The second kappa shape index (κ2) is 5.49. The summed E-state index contributed by atoms with van der Waals surface area (Å²) >= 11 is 8.19. The van der Waals surface area contributed by atoms with Crippen LogP contribution in [0, 0.1) is 13.8 Å². The fourth-order valence-corrected chi connectivity index (χ4v) is 6.24. The molecule has 0 unspecified atom stereocenters. The van der Waals surface area contributed by atoms with E-state index in [1.807, 2.05) is 31.5 Å². The van der Waals surface area contributed by atoms with Gasteiger partial charge in [0.25, 0.3) is 10.0 Å². The first-order chi connectivity index (χ1) is 10.3. The highest BCUT2D eigenvalue weighted by Gasteiger charge is 2.17. The minimum Gasteiger partial charge on any atom is -0.319 e. The van der Waals surface area contributed by atoms with E-state index in [9.17, 15) is 8.42 Å². The van der Waals surface area contributed by atoms with Crippen LogP contribution in [0.15, 0.2) is 32.9 Å². The van der Waals surface area contributed by atoms with Crippen LogP contribution in [0.5, 0.6) is 0 Å². The van der Waals surface area contributed by atoms with E-state index in [-0.39, 0.29) is 4.21 Å². The molecule has 0 N–H and O–H groups in total. The van der Waals surface area contributed by atoms with E-state index in [0.29, 0.717) is 9.14 Å². The van der Waals surface area contributed by atoms with Gasteiger partial charge in [0.15, 0.2) is 0 Å². The van der Waals surface area contributed by atoms with Crippen LogP contribution in [0.3, 0.4) is 0 Å². The van der Waals surface area contributed by atoms with Gasteiger partial charge in [0.05, 0.1) is 14.6 Å². The van der Waals surface area contributed by atoms with E-state index in [4.69, 9.17) is 11.6 Å². The molecule has 0 radical (unpaired) electrons. The molecule has 0 aliphatic heterocycles. The Kier molecular flexibility index (Phi) is 3.92. The van der Waals surface area contributed by atoms with Crippen molar-refractivity contribution in [2.75, 3.05) is 0 Å². The van der Waals surface area contributed by atoms with E-state index >= 15 is 0 Å². The molecular weight excluding hydrogens is 360 g/mol. The molecule has 0 fully saturated rings. The first-order valence-electron chi connectivity index (χ1n) is 6.41. The lowest BCUT2D eigenvalue weighted by Gasteiger charge is -2.01. The number of sulfonamides is 1. The van der Waals surface area contributed by atoms with Crippen molar-refractivity contribution in [3.05, 3.63) is 44.5 Å². The van der Waals surface area contributed by atoms with Gasteiger partial charge in [-0.25, -0.2) is 0 Å². The van der Waals surface area contributed by atoms with Gasteiger partial charge in [0, 0.05) is 7.05 Å². The van der Waals surface area contributed by atoms with Crippen molar-refractivity contribution < 1.29 is 8.42 Å². The zero-order valence-corrected chi connectivity index (χ0v) is 15.3. The average molecular weight is 373 g/mol. The molecule has 2 heterocycles. The lowest BCUT2D eigenvalue weighted by Crippen LogP contribution is -2.13. The summed E-state index contributed by atoms with van der Waals surface area (Å²) in [6.45, 7) is 4.03. The summed E-state index contributed by atoms with van der Waals surface area (Å²) in [5.41, 5.74) is 3.26. The molecule has 0 spiro atoms. The molecule has 4 nitrogen and oxygen atoms in total. The van der Waals surface area contributed by atoms with Crippen molar-refractivity contribution in [3.63, 3.8) is 0 Å². The number of hydrogen-bond donors (Lipinski definition) is 0. The van der Waals surface area contributed by atoms with Gasteiger partial charge < -0.3 is 4.57 Å². The third-order valence-electron chi connectivity index (χ3n) is 3.23. The molecule has 0 bridgehead atoms. The maximum atomic E-state index is 12.4. The fourth-order valence-electron chi connectivity index (χ4n) is 2.36. The lowest BCUT2D eigenvalue weighted by atomic mass is 10.1. The van der Waals surface area contributed by atoms with Crippen LogP contribution in [0.25, 0.3) is 10.2 Å². The van der Waals surface area contributed by atoms with Gasteiger partial charge >= 0.3 is 0 Å². The molecule has 22 heavy (non-hydrogen) atoms. The minimum atomic E-state index is -3.74. The predicted molar refractivity (Wildman–Crippen MR) is 92.3 cm³/mol. The number of hydrogen-bond acceptors (Lipinski definition) is 4. The number of thiophene rings is 1. The van der Waals surface area contributed by atoms with E-state index in [2.05, 4.69) is 10.5 Å². The van der Waals surface area contributed by atoms with Gasteiger partial charge in [0.2, 0.25) is 4.80 Å². The highest BCUT2D eigenvalue weighted by molar-refractivity contribution is 7.92. The van der Waals surface area contributed by atoms with E-state index < -0.39 is 10.0 Å². The van der Waals surface area contributed by atoms with Crippen LogP contribution in [-0.2, 0) is 17.1 Å². The number of rotatable bonds is 2. The molecule has 3 aromatic rings. The Labute approximate surface area is 141 Å². The zero-order chi connectivity index (χ0) is 16.1. The predicted octanol–water partition coefficient (Wildman–Crippen LogP) is 3.86. The topological polar surface area (TPSA) is 51.4 Å². The molecule has 0 atom stereocenters. The first kappa shape index (κ1) is 15.7. The summed E-state index contributed by atoms with van der Waals surface area (Å²) in [5, 5.41) is 0. The number of aryl methyl sites for hydroxylation is 3. The Hall–Kier alpha value is -1.15. The van der Waals surface area contributed by atoms with E-state index in [1.165, 1.54) is 17.4 Å². The second-order valence-corrected chi connectivity index (χ2v) is 9.55. The first-order valence-corrected chi connectivity index (χ1v) is 9.86. The van der Waals surface area contributed by atoms with E-state index in [0.717, 1.165) is 32.7 Å². The Bertz CT molecular complexity index is 1040. The smallest absolute Gasteiger partial charge is 0.294 e. The third-order valence-corrected chi connectivity index (χ3v) is 7.39. The van der Waals surface area contributed by atoms with Gasteiger partial charge in [0.1, 0.15) is 4.21 Å². The number of fused-ring (bicyclic) bond motifs is 1. The molecule has 0 aliphatic carbocycles. The highest BCUT2D eigenvalue weighted by atomic mass is 35.5. The van der Waals surface area contributed by atoms with E-state index in [1.54, 1.807) is 6.07 Å². The summed E-state index contributed by atoms with van der Waals surface area (Å²) in [4.78, 5) is 0.452. The average Bonchev–Trinajstić information content (AvgIpc) is 2.95. The summed E-state index contributed by atoms with van der Waals surface area (Å²) < 4.78 is 32.2. The maximum Gasteiger partial charge on any atom is 0.294 e. The molecule has 0 saturated carbocycles. The van der Waals surface area contributed by atoms with Gasteiger partial charge in [-0.15, -0.1) is 15.7 Å². The Morgan fingerprint density at radius 1 is 1.18 bits per heavy atom. The summed E-state index contributed by atoms with van der Waals surface area (Å²) in [6.07, 6.45) is 0. The van der Waals surface area contributed by atoms with Crippen LogP contribution in [0.4, 0.5) is 0 Å². The number of thiazole rings is 1. The molecule has 2 aromatic heterocycles. The zero-order valence-electron chi connectivity index (χ0n) is 12.1. The SMILES string of the molecule is Cc1cc(C)c2c(c1)s/c(=N\S(=O)(=O)c1ccc(Cl)s1)n2C. The van der Waals surface area contributed by atoms with Gasteiger partial charge in [-0.1, -0.05) is 29.0 Å². The quantitative estimate of drug-likeness (QED) is 0.685. The van der Waals surface area contributed by atoms with Crippen molar-refractivity contribution in [1.82, 2.24) is 4.57 Å². The Balaban J connectivity index is 2.26. The molecule has 0 amide bonds. The number of aromatic nitrogens is 1. The van der Waals surface area contributed by atoms with Crippen LogP contribution in [0.2, 0.25) is 4.34 Å². The number of benzene rings is 1. The molecule has 0 saturated heterocycles. The van der Waals surface area contributed by atoms with Crippen LogP contribution < -0.4 is 4.80 Å². The fraction of sp³-hybridized carbons (Fsp3) is 0.214. The summed E-state index contributed by atoms with van der Waals surface area (Å²) in [7, 11) is -1.91. The highest BCUT2D eigenvalue weighted by Crippen LogP contribution is 2.27. The van der Waals surface area contributed by atoms with Crippen LogP contribution in [-0.4, -0.2) is 13.0 Å². The van der Waals surface area contributed by atoms with Crippen molar-refractivity contribution in [1.29, 1.82) is 0 Å². The van der Waals surface area contributed by atoms with Crippen molar-refractivity contribution in [2.45, 2.75) is 18.1 Å². The Morgan fingerprint density at radius 2 is 1.91 bits per heavy atom. The molecule has 0 aliphatic rings. The standard InChI is InChI=1S/C14H13ClN2O2S3/c1-8-6-9(2)13-10(7-8)20-14(17(13)3)16-22(18,19)12-5-4-11(15)21-12/h4-7H,1-3H3/b16-14-. The molecule has 116 valence electrons. The van der Waals surface area contributed by atoms with Gasteiger partial charge in [-0.3, -0.25) is 0 Å². The van der Waals surface area contributed by atoms with Crippen LogP contribution >= 0.6 is 34.3 Å². The minimum absolute atomic E-state index is 0.155. The number of halogens is 1. The monoisotopic (exact) mass is 372 g/mol. The van der Waals surface area contributed by atoms with Crippen molar-refractivity contribution in [3.8, 4) is 0 Å².